The molecule has 1 aromatic carbocycles. The van der Waals surface area contributed by atoms with Crippen molar-refractivity contribution in [2.24, 2.45) is 5.41 Å². The van der Waals surface area contributed by atoms with E-state index in [1.807, 2.05) is 6.92 Å². The number of rotatable bonds is 6. The van der Waals surface area contributed by atoms with Crippen LogP contribution < -0.4 is 0 Å². The molecule has 4 rings (SSSR count). The van der Waals surface area contributed by atoms with Crippen LogP contribution in [-0.2, 0) is 21.6 Å². The summed E-state index contributed by atoms with van der Waals surface area (Å²) in [6, 6.07) is 8.41. The van der Waals surface area contributed by atoms with Gasteiger partial charge in [-0.3, -0.25) is 4.98 Å². The van der Waals surface area contributed by atoms with E-state index in [9.17, 15) is 19.4 Å². The molecule has 0 aliphatic carbocycles. The lowest BCUT2D eigenvalue weighted by molar-refractivity contribution is -0.131. The molecule has 0 bridgehead atoms. The normalized spacial score (nSPS) is 17.4. The van der Waals surface area contributed by atoms with Crippen LogP contribution in [0.25, 0.3) is 11.4 Å². The molecular formula is C29H37FN4O5. The summed E-state index contributed by atoms with van der Waals surface area (Å²) in [7, 11) is 0. The van der Waals surface area contributed by atoms with Gasteiger partial charge in [-0.25, -0.2) is 9.18 Å². The number of alkyl halides is 1. The fourth-order valence-electron chi connectivity index (χ4n) is 4.80. The molecule has 2 N–H and O–H groups in total. The molecule has 0 spiro atoms. The Labute approximate surface area is 228 Å². The van der Waals surface area contributed by atoms with Crippen molar-refractivity contribution in [3.8, 4) is 11.4 Å². The molecule has 1 fully saturated rings. The van der Waals surface area contributed by atoms with Crippen molar-refractivity contribution in [2.75, 3.05) is 13.1 Å². The number of aromatic nitrogens is 3. The van der Waals surface area contributed by atoms with Crippen LogP contribution in [-0.4, -0.2) is 55.0 Å². The number of nitrogens with zero attached hydrogens (tertiary/aromatic N) is 4. The SMILES string of the molecule is CC(C)(C)OC(=O)N1CC(C)(C(O)(c2ccc(C(C)(C)F)cc2)c2cncc(-c3noc(C(C)(C)O)n3)c2)C1. The molecule has 2 aromatic heterocycles. The zero-order valence-electron chi connectivity index (χ0n) is 23.7. The minimum atomic E-state index is -1.63. The molecule has 0 saturated carbocycles. The van der Waals surface area contributed by atoms with Crippen molar-refractivity contribution in [2.45, 2.75) is 77.9 Å². The third kappa shape index (κ3) is 5.53. The summed E-state index contributed by atoms with van der Waals surface area (Å²) in [5, 5.41) is 26.7. The molecule has 0 radical (unpaired) electrons. The molecule has 1 saturated heterocycles. The molecule has 10 heteroatoms. The number of pyridine rings is 1. The van der Waals surface area contributed by atoms with Crippen molar-refractivity contribution in [3.05, 3.63) is 65.3 Å². The van der Waals surface area contributed by atoms with Gasteiger partial charge in [0.1, 0.15) is 22.5 Å². The van der Waals surface area contributed by atoms with Gasteiger partial charge in [0, 0.05) is 42.0 Å². The highest BCUT2D eigenvalue weighted by Crippen LogP contribution is 2.51. The maximum atomic E-state index is 14.6. The quantitative estimate of drug-likeness (QED) is 0.445. The molecule has 39 heavy (non-hydrogen) atoms. The second-order valence-corrected chi connectivity index (χ2v) is 12.6. The smallest absolute Gasteiger partial charge is 0.410 e. The molecule has 1 aliphatic heterocycles. The third-order valence-corrected chi connectivity index (χ3v) is 6.96. The Kier molecular flexibility index (Phi) is 6.88. The topological polar surface area (TPSA) is 122 Å². The van der Waals surface area contributed by atoms with Crippen molar-refractivity contribution in [3.63, 3.8) is 0 Å². The van der Waals surface area contributed by atoms with Gasteiger partial charge >= 0.3 is 6.09 Å². The number of ether oxygens (including phenoxy) is 1. The zero-order chi connectivity index (χ0) is 29.0. The van der Waals surface area contributed by atoms with E-state index in [0.717, 1.165) is 0 Å². The summed E-state index contributed by atoms with van der Waals surface area (Å²) in [4.78, 5) is 22.9. The minimum absolute atomic E-state index is 0.0431. The molecular weight excluding hydrogens is 503 g/mol. The lowest BCUT2D eigenvalue weighted by Crippen LogP contribution is -2.66. The van der Waals surface area contributed by atoms with Gasteiger partial charge in [0.05, 0.1) is 0 Å². The number of benzene rings is 1. The Hall–Kier alpha value is -3.37. The van der Waals surface area contributed by atoms with Crippen LogP contribution >= 0.6 is 0 Å². The van der Waals surface area contributed by atoms with Gasteiger partial charge in [-0.2, -0.15) is 4.98 Å². The first-order valence-corrected chi connectivity index (χ1v) is 12.9. The minimum Gasteiger partial charge on any atom is -0.444 e. The predicted molar refractivity (Wildman–Crippen MR) is 142 cm³/mol. The van der Waals surface area contributed by atoms with Crippen LogP contribution in [0.15, 0.2) is 47.2 Å². The highest BCUT2D eigenvalue weighted by molar-refractivity contribution is 5.70. The van der Waals surface area contributed by atoms with Crippen molar-refractivity contribution in [1.82, 2.24) is 20.0 Å². The van der Waals surface area contributed by atoms with E-state index < -0.39 is 34.0 Å². The molecule has 9 nitrogen and oxygen atoms in total. The number of carbonyl (C=O) groups excluding carboxylic acids is 1. The van der Waals surface area contributed by atoms with Gasteiger partial charge in [-0.1, -0.05) is 36.3 Å². The monoisotopic (exact) mass is 540 g/mol. The summed E-state index contributed by atoms with van der Waals surface area (Å²) in [5.41, 5.74) is -4.10. The fourth-order valence-corrected chi connectivity index (χ4v) is 4.80. The van der Waals surface area contributed by atoms with Gasteiger partial charge in [0.15, 0.2) is 0 Å². The Balaban J connectivity index is 1.77. The predicted octanol–water partition coefficient (Wildman–Crippen LogP) is 5.06. The van der Waals surface area contributed by atoms with E-state index in [0.29, 0.717) is 22.3 Å². The largest absolute Gasteiger partial charge is 0.444 e. The maximum absolute atomic E-state index is 14.6. The fraction of sp³-hybridized carbons (Fsp3) is 0.517. The Bertz CT molecular complexity index is 1350. The third-order valence-electron chi connectivity index (χ3n) is 6.96. The molecule has 1 aliphatic rings. The van der Waals surface area contributed by atoms with E-state index in [1.165, 1.54) is 33.9 Å². The Morgan fingerprint density at radius 2 is 1.59 bits per heavy atom. The van der Waals surface area contributed by atoms with Gasteiger partial charge in [-0.05, 0) is 65.7 Å². The van der Waals surface area contributed by atoms with Crippen LogP contribution in [0.2, 0.25) is 0 Å². The second kappa shape index (κ2) is 9.38. The molecule has 1 atom stereocenters. The summed E-state index contributed by atoms with van der Waals surface area (Å²) in [6.45, 7) is 13.7. The maximum Gasteiger partial charge on any atom is 0.410 e. The average Bonchev–Trinajstić information content (AvgIpc) is 3.31. The molecule has 3 aromatic rings. The molecule has 1 unspecified atom stereocenters. The van der Waals surface area contributed by atoms with Crippen LogP contribution in [0.3, 0.4) is 0 Å². The van der Waals surface area contributed by atoms with E-state index in [4.69, 9.17) is 9.26 Å². The summed E-state index contributed by atoms with van der Waals surface area (Å²) in [6.07, 6.45) is 2.62. The van der Waals surface area contributed by atoms with E-state index in [-0.39, 0.29) is 24.8 Å². The standard InChI is InChI=1S/C29H37FN4O5/c1-25(2,3)38-24(35)34-16-28(8,17-34)29(37,20-11-9-19(10-12-20)26(4,5)30)21-13-18(14-31-15-21)22-32-23(39-33-22)27(6,7)36/h9-15,36-37H,16-17H2,1-8H3. The Morgan fingerprint density at radius 3 is 2.10 bits per heavy atom. The first-order chi connectivity index (χ1) is 17.8. The van der Waals surface area contributed by atoms with Gasteiger partial charge in [-0.15, -0.1) is 0 Å². The molecule has 210 valence electrons. The van der Waals surface area contributed by atoms with Gasteiger partial charge < -0.3 is 24.4 Å². The number of hydrogen-bond donors (Lipinski definition) is 2. The first-order valence-electron chi connectivity index (χ1n) is 12.9. The zero-order valence-corrected chi connectivity index (χ0v) is 23.7. The van der Waals surface area contributed by atoms with Crippen LogP contribution in [0.1, 0.15) is 78.0 Å². The number of carbonyl (C=O) groups is 1. The lowest BCUT2D eigenvalue weighted by atomic mass is 9.62. The van der Waals surface area contributed by atoms with Crippen LogP contribution in [0.5, 0.6) is 0 Å². The van der Waals surface area contributed by atoms with Crippen molar-refractivity contribution < 1.29 is 28.7 Å². The van der Waals surface area contributed by atoms with E-state index >= 15 is 0 Å². The number of amides is 1. The number of likely N-dealkylation sites (tertiary alicyclic amines) is 1. The number of aliphatic hydroxyl groups is 2. The summed E-state index contributed by atoms with van der Waals surface area (Å²) >= 11 is 0. The van der Waals surface area contributed by atoms with Crippen LogP contribution in [0.4, 0.5) is 9.18 Å². The highest BCUT2D eigenvalue weighted by atomic mass is 19.1. The number of hydrogen-bond acceptors (Lipinski definition) is 8. The summed E-state index contributed by atoms with van der Waals surface area (Å²) < 4.78 is 25.4. The molecule has 1 amide bonds. The lowest BCUT2D eigenvalue weighted by Gasteiger charge is -2.56. The van der Waals surface area contributed by atoms with Gasteiger partial charge in [0.2, 0.25) is 5.82 Å². The van der Waals surface area contributed by atoms with Crippen molar-refractivity contribution in [1.29, 1.82) is 0 Å². The summed E-state index contributed by atoms with van der Waals surface area (Å²) in [5.74, 6) is 0.244. The Morgan fingerprint density at radius 1 is 1.00 bits per heavy atom. The molecule has 3 heterocycles. The first kappa shape index (κ1) is 28.6. The van der Waals surface area contributed by atoms with Gasteiger partial charge in [0.25, 0.3) is 5.89 Å². The van der Waals surface area contributed by atoms with E-state index in [2.05, 4.69) is 15.1 Å². The highest BCUT2D eigenvalue weighted by Gasteiger charge is 2.58. The average molecular weight is 541 g/mol. The van der Waals surface area contributed by atoms with Crippen LogP contribution in [0, 0.1) is 5.41 Å². The van der Waals surface area contributed by atoms with Crippen molar-refractivity contribution >= 4 is 6.09 Å². The van der Waals surface area contributed by atoms with E-state index in [1.54, 1.807) is 62.2 Å². The second-order valence-electron chi connectivity index (χ2n) is 12.6. The number of halogens is 1.